The van der Waals surface area contributed by atoms with Crippen molar-refractivity contribution in [2.75, 3.05) is 65.5 Å². The van der Waals surface area contributed by atoms with E-state index in [1.807, 2.05) is 0 Å². The van der Waals surface area contributed by atoms with Gasteiger partial charge in [0.1, 0.15) is 0 Å². The third kappa shape index (κ3) is 95.5. The summed E-state index contributed by atoms with van der Waals surface area (Å²) >= 11 is 0.750. The summed E-state index contributed by atoms with van der Waals surface area (Å²) in [5.74, 6) is 0. The molecule has 0 atom stereocenters. The summed E-state index contributed by atoms with van der Waals surface area (Å²) in [6.07, 6.45) is 2.54. The van der Waals surface area contributed by atoms with Crippen LogP contribution in [0.3, 0.4) is 0 Å². The van der Waals surface area contributed by atoms with Gasteiger partial charge in [0.25, 0.3) is 0 Å². The van der Waals surface area contributed by atoms with Crippen LogP contribution in [0, 0.1) is 13.8 Å². The Hall–Kier alpha value is 0.194. The predicted octanol–water partition coefficient (Wildman–Crippen LogP) is -1.30. The molecule has 172 valence electrons. The minimum absolute atomic E-state index is 0.167. The molecule has 0 saturated carbocycles. The number of nitrogens with two attached hydrogens (primary N) is 3. The van der Waals surface area contributed by atoms with Gasteiger partial charge < -0.3 is 57.2 Å². The molecule has 0 aliphatic heterocycles. The summed E-state index contributed by atoms with van der Waals surface area (Å²) in [5, 5.41) is 25.6. The number of rotatable bonds is 13. The van der Waals surface area contributed by atoms with E-state index in [4.69, 9.17) is 30.7 Å². The Balaban J connectivity index is -0.0000000832. The van der Waals surface area contributed by atoms with Crippen molar-refractivity contribution in [3.8, 4) is 0 Å². The Morgan fingerprint density at radius 1 is 0.786 bits per heavy atom. The van der Waals surface area contributed by atoms with E-state index < -0.39 is 0 Å². The molecule has 0 aliphatic carbocycles. The number of aliphatic hydroxyl groups is 2. The summed E-state index contributed by atoms with van der Waals surface area (Å²) in [7, 11) is 0. The van der Waals surface area contributed by atoms with Gasteiger partial charge >= 0.3 is 23.7 Å². The van der Waals surface area contributed by atoms with E-state index in [0.29, 0.717) is 6.54 Å². The van der Waals surface area contributed by atoms with E-state index in [1.165, 1.54) is 0 Å². The van der Waals surface area contributed by atoms with E-state index >= 15 is 0 Å². The number of hydrogen-bond donors (Lipinski definition) is 8. The number of hydrogen-bond acceptors (Lipinski definition) is 9. The summed E-state index contributed by atoms with van der Waals surface area (Å²) in [5.41, 5.74) is 15.6. The molecule has 0 spiro atoms. The monoisotopic (exact) mass is 444 g/mol. The van der Waals surface area contributed by atoms with Crippen molar-refractivity contribution >= 4 is 0 Å². The summed E-state index contributed by atoms with van der Waals surface area (Å²) in [6.45, 7) is 18.6. The Bertz CT molecular complexity index is 183. The van der Waals surface area contributed by atoms with Gasteiger partial charge in [0.05, 0.1) is 0 Å². The molecule has 0 radical (unpaired) electrons. The normalized spacial score (nSPS) is 9.00. The second kappa shape index (κ2) is 50.6. The molecular formula is C18H48N6O3Ti. The summed E-state index contributed by atoms with van der Waals surface area (Å²) in [6, 6.07) is 0. The molecule has 0 amide bonds. The van der Waals surface area contributed by atoms with Crippen LogP contribution in [-0.2, 0) is 23.7 Å². The summed E-state index contributed by atoms with van der Waals surface area (Å²) < 4.78 is 8.25. The van der Waals surface area contributed by atoms with Gasteiger partial charge in [0.15, 0.2) is 0 Å². The predicted molar refractivity (Wildman–Crippen MR) is 115 cm³/mol. The van der Waals surface area contributed by atoms with Gasteiger partial charge in [-0.3, -0.25) is 0 Å². The first-order valence-corrected chi connectivity index (χ1v) is 10.4. The van der Waals surface area contributed by atoms with Crippen LogP contribution in [0.2, 0.25) is 0 Å². The van der Waals surface area contributed by atoms with Crippen molar-refractivity contribution < 1.29 is 33.9 Å². The van der Waals surface area contributed by atoms with Crippen molar-refractivity contribution in [1.82, 2.24) is 16.0 Å². The zero-order valence-corrected chi connectivity index (χ0v) is 19.8. The molecule has 0 heterocycles. The standard InChI is InChI=1S/C5H14N2O.2C5H13N2.C3H8O.O.Ti/c6-2-4-7-3-1-5-8;2*1-2-4-7-5-3-6;1-3(2)4;;/h7-8H,1-6H2;2*7H,1-6H2;3-4H,1-2H3;;/q;2*-1;;;+2. The van der Waals surface area contributed by atoms with Gasteiger partial charge in [0, 0.05) is 52.0 Å². The molecule has 0 aromatic rings. The molecule has 28 heavy (non-hydrogen) atoms. The van der Waals surface area contributed by atoms with Crippen LogP contribution >= 0.6 is 0 Å². The maximum atomic E-state index is 8.29. The summed E-state index contributed by atoms with van der Waals surface area (Å²) in [4.78, 5) is 0. The first-order chi connectivity index (χ1) is 13.5. The average molecular weight is 444 g/mol. The van der Waals surface area contributed by atoms with Crippen LogP contribution in [-0.4, -0.2) is 81.8 Å². The Morgan fingerprint density at radius 2 is 1.07 bits per heavy atom. The van der Waals surface area contributed by atoms with Crippen molar-refractivity contribution in [3.63, 3.8) is 0 Å². The molecule has 0 bridgehead atoms. The van der Waals surface area contributed by atoms with Crippen LogP contribution in [0.5, 0.6) is 0 Å². The fourth-order valence-corrected chi connectivity index (χ4v) is 1.14. The molecule has 0 rings (SSSR count). The van der Waals surface area contributed by atoms with Gasteiger partial charge in [-0.1, -0.05) is 0 Å². The molecule has 11 N–H and O–H groups in total. The van der Waals surface area contributed by atoms with Gasteiger partial charge in [-0.2, -0.15) is 12.8 Å². The SMILES string of the molecule is CC(C)O.NCCNCCCO.[CH2-]CCNCCN.[CH2-]CCNCCN.[O]=[Ti+2]. The second-order valence-corrected chi connectivity index (χ2v) is 5.49. The third-order valence-corrected chi connectivity index (χ3v) is 2.18. The van der Waals surface area contributed by atoms with E-state index in [2.05, 4.69) is 29.8 Å². The molecule has 10 heteroatoms. The number of nitrogens with one attached hydrogen (secondary N) is 3. The quantitative estimate of drug-likeness (QED) is 0.0976. The number of aliphatic hydroxyl groups excluding tert-OH is 2. The molecule has 0 aromatic heterocycles. The Kier molecular flexibility index (Phi) is 70.1. The van der Waals surface area contributed by atoms with Crippen molar-refractivity contribution in [2.24, 2.45) is 17.2 Å². The molecule has 0 saturated heterocycles. The Morgan fingerprint density at radius 3 is 1.29 bits per heavy atom. The molecule has 0 unspecified atom stereocenters. The zero-order chi connectivity index (χ0) is 22.9. The van der Waals surface area contributed by atoms with Crippen molar-refractivity contribution in [3.05, 3.63) is 13.8 Å². The average Bonchev–Trinajstić information content (AvgIpc) is 2.68. The second-order valence-electron chi connectivity index (χ2n) is 5.49. The van der Waals surface area contributed by atoms with E-state index in [9.17, 15) is 0 Å². The fourth-order valence-electron chi connectivity index (χ4n) is 1.14. The molecule has 0 aliphatic rings. The van der Waals surface area contributed by atoms with E-state index in [-0.39, 0.29) is 12.7 Å². The van der Waals surface area contributed by atoms with Crippen LogP contribution in [0.25, 0.3) is 0 Å². The first kappa shape index (κ1) is 38.8. The third-order valence-electron chi connectivity index (χ3n) is 2.18. The van der Waals surface area contributed by atoms with Gasteiger partial charge in [-0.05, 0) is 39.9 Å². The van der Waals surface area contributed by atoms with Crippen LogP contribution in [0.1, 0.15) is 33.1 Å². The van der Waals surface area contributed by atoms with Crippen molar-refractivity contribution in [2.45, 2.75) is 39.2 Å². The van der Waals surface area contributed by atoms with E-state index in [0.717, 1.165) is 92.0 Å². The van der Waals surface area contributed by atoms with E-state index in [1.54, 1.807) is 13.8 Å². The van der Waals surface area contributed by atoms with Crippen molar-refractivity contribution in [1.29, 1.82) is 0 Å². The van der Waals surface area contributed by atoms with Crippen LogP contribution in [0.15, 0.2) is 0 Å². The topological polar surface area (TPSA) is 172 Å². The fraction of sp³-hybridized carbons (Fsp3) is 0.889. The van der Waals surface area contributed by atoms with Gasteiger partial charge in [0.2, 0.25) is 0 Å². The molecular weight excluding hydrogens is 396 g/mol. The molecule has 0 fully saturated rings. The molecule has 9 nitrogen and oxygen atoms in total. The first-order valence-electron chi connectivity index (χ1n) is 9.78. The van der Waals surface area contributed by atoms with Gasteiger partial charge in [-0.15, -0.1) is 0 Å². The minimum atomic E-state index is -0.167. The molecule has 0 aromatic carbocycles. The Labute approximate surface area is 185 Å². The van der Waals surface area contributed by atoms with Gasteiger partial charge in [-0.25, -0.2) is 0 Å². The van der Waals surface area contributed by atoms with Crippen LogP contribution < -0.4 is 33.2 Å². The maximum absolute atomic E-state index is 8.29. The van der Waals surface area contributed by atoms with Crippen LogP contribution in [0.4, 0.5) is 0 Å². The zero-order valence-electron chi connectivity index (χ0n) is 18.2.